The van der Waals surface area contributed by atoms with Crippen molar-refractivity contribution in [3.63, 3.8) is 0 Å². The lowest BCUT2D eigenvalue weighted by molar-refractivity contribution is 0.0645. The molecule has 1 aliphatic rings. The molecule has 2 heteroatoms. The van der Waals surface area contributed by atoms with Gasteiger partial charge in [0, 0.05) is 5.56 Å². The van der Waals surface area contributed by atoms with Gasteiger partial charge in [-0.1, -0.05) is 32.3 Å². The van der Waals surface area contributed by atoms with Crippen LogP contribution in [0.15, 0.2) is 12.1 Å². The second-order valence-electron chi connectivity index (χ2n) is 6.12. The van der Waals surface area contributed by atoms with Crippen molar-refractivity contribution in [3.8, 4) is 0 Å². The van der Waals surface area contributed by atoms with E-state index in [1.54, 1.807) is 0 Å². The Morgan fingerprint density at radius 1 is 1.32 bits per heavy atom. The highest BCUT2D eigenvalue weighted by Crippen LogP contribution is 2.40. The maximum Gasteiger partial charge on any atom is 0.129 e. The summed E-state index contributed by atoms with van der Waals surface area (Å²) in [6, 6.07) is 3.49. The summed E-state index contributed by atoms with van der Waals surface area (Å²) in [4.78, 5) is 0. The highest BCUT2D eigenvalue weighted by molar-refractivity contribution is 5.34. The van der Waals surface area contributed by atoms with Crippen molar-refractivity contribution in [2.24, 2.45) is 11.8 Å². The van der Waals surface area contributed by atoms with E-state index in [1.165, 1.54) is 18.9 Å². The van der Waals surface area contributed by atoms with E-state index in [2.05, 4.69) is 6.92 Å². The Morgan fingerprint density at radius 3 is 2.68 bits per heavy atom. The predicted molar refractivity (Wildman–Crippen MR) is 76.6 cm³/mol. The number of rotatable bonds is 3. The minimum absolute atomic E-state index is 0.217. The van der Waals surface area contributed by atoms with Crippen LogP contribution in [-0.4, -0.2) is 5.11 Å². The van der Waals surface area contributed by atoms with Crippen molar-refractivity contribution >= 4 is 0 Å². The second-order valence-corrected chi connectivity index (χ2v) is 6.12. The summed E-state index contributed by atoms with van der Waals surface area (Å²) < 4.78 is 14.1. The summed E-state index contributed by atoms with van der Waals surface area (Å²) in [6.07, 6.45) is 4.99. The first-order valence-electron chi connectivity index (χ1n) is 7.47. The van der Waals surface area contributed by atoms with Crippen LogP contribution < -0.4 is 0 Å². The highest BCUT2D eigenvalue weighted by Gasteiger charge is 2.29. The van der Waals surface area contributed by atoms with Gasteiger partial charge in [0.25, 0.3) is 0 Å². The average Bonchev–Trinajstić information content (AvgIpc) is 2.37. The lowest BCUT2D eigenvalue weighted by Crippen LogP contribution is -2.22. The van der Waals surface area contributed by atoms with Crippen molar-refractivity contribution in [1.29, 1.82) is 0 Å². The van der Waals surface area contributed by atoms with Crippen molar-refractivity contribution < 1.29 is 9.50 Å². The van der Waals surface area contributed by atoms with Gasteiger partial charge in [-0.05, 0) is 55.7 Å². The van der Waals surface area contributed by atoms with Crippen LogP contribution in [0.4, 0.5) is 4.39 Å². The molecule has 0 spiro atoms. The Hall–Kier alpha value is -0.890. The number of aryl methyl sites for hydroxylation is 2. The molecule has 0 heterocycles. The first kappa shape index (κ1) is 14.5. The lowest BCUT2D eigenvalue weighted by atomic mass is 9.75. The van der Waals surface area contributed by atoms with Crippen LogP contribution >= 0.6 is 0 Å². The molecule has 1 N–H and O–H groups in total. The summed E-state index contributed by atoms with van der Waals surface area (Å²) in [7, 11) is 0. The first-order valence-corrected chi connectivity index (χ1v) is 7.47. The molecule has 1 saturated carbocycles. The van der Waals surface area contributed by atoms with Gasteiger partial charge >= 0.3 is 0 Å². The average molecular weight is 264 g/mol. The Kier molecular flexibility index (Phi) is 4.62. The molecule has 0 bridgehead atoms. The van der Waals surface area contributed by atoms with E-state index in [-0.39, 0.29) is 11.7 Å². The van der Waals surface area contributed by atoms with Gasteiger partial charge in [0.15, 0.2) is 0 Å². The topological polar surface area (TPSA) is 20.2 Å². The minimum Gasteiger partial charge on any atom is -0.388 e. The van der Waals surface area contributed by atoms with Crippen LogP contribution in [0, 0.1) is 31.5 Å². The van der Waals surface area contributed by atoms with Crippen molar-refractivity contribution in [2.45, 2.75) is 59.0 Å². The van der Waals surface area contributed by atoms with Gasteiger partial charge in [-0.15, -0.1) is 0 Å². The fourth-order valence-electron chi connectivity index (χ4n) is 3.53. The van der Waals surface area contributed by atoms with E-state index < -0.39 is 6.10 Å². The number of aliphatic hydroxyl groups excluding tert-OH is 1. The number of halogens is 1. The molecule has 19 heavy (non-hydrogen) atoms. The molecule has 0 amide bonds. The Balaban J connectivity index is 2.21. The molecule has 3 unspecified atom stereocenters. The molecule has 0 aromatic heterocycles. The summed E-state index contributed by atoms with van der Waals surface area (Å²) in [6.45, 7) is 5.99. The molecule has 0 saturated heterocycles. The monoisotopic (exact) mass is 264 g/mol. The number of hydrogen-bond donors (Lipinski definition) is 1. The zero-order chi connectivity index (χ0) is 14.0. The van der Waals surface area contributed by atoms with Crippen LogP contribution in [0.1, 0.15) is 61.8 Å². The van der Waals surface area contributed by atoms with Crippen LogP contribution in [0.5, 0.6) is 0 Å². The van der Waals surface area contributed by atoms with E-state index in [9.17, 15) is 9.50 Å². The standard InChI is InChI=1S/C17H25FO/c1-4-13-6-5-7-14(10-13)17(19)16-12(3)8-11(2)9-15(16)18/h8-9,13-14,17,19H,4-7,10H2,1-3H3. The maximum absolute atomic E-state index is 14.1. The van der Waals surface area contributed by atoms with E-state index in [0.717, 1.165) is 30.4 Å². The van der Waals surface area contributed by atoms with Gasteiger partial charge in [-0.3, -0.25) is 0 Å². The molecule has 106 valence electrons. The highest BCUT2D eigenvalue weighted by atomic mass is 19.1. The molecule has 1 aliphatic carbocycles. The van der Waals surface area contributed by atoms with Gasteiger partial charge < -0.3 is 5.11 Å². The molecule has 1 fully saturated rings. The minimum atomic E-state index is -0.644. The third-order valence-electron chi connectivity index (χ3n) is 4.62. The molecule has 0 aliphatic heterocycles. The summed E-state index contributed by atoms with van der Waals surface area (Å²) >= 11 is 0. The smallest absolute Gasteiger partial charge is 0.129 e. The molecule has 1 aromatic carbocycles. The van der Waals surface area contributed by atoms with Gasteiger partial charge in [-0.2, -0.15) is 0 Å². The molecule has 0 radical (unpaired) electrons. The molecule has 1 aromatic rings. The number of hydrogen-bond acceptors (Lipinski definition) is 1. The third kappa shape index (κ3) is 3.17. The third-order valence-corrected chi connectivity index (χ3v) is 4.62. The first-order chi connectivity index (χ1) is 9.02. The molecule has 1 nitrogen and oxygen atoms in total. The van der Waals surface area contributed by atoms with Crippen LogP contribution in [0.2, 0.25) is 0 Å². The van der Waals surface area contributed by atoms with Crippen LogP contribution in [0.3, 0.4) is 0 Å². The number of aliphatic hydroxyl groups is 1. The van der Waals surface area contributed by atoms with Crippen LogP contribution in [0.25, 0.3) is 0 Å². The molecular weight excluding hydrogens is 239 g/mol. The predicted octanol–water partition coefficient (Wildman–Crippen LogP) is 4.69. The van der Waals surface area contributed by atoms with E-state index in [4.69, 9.17) is 0 Å². The largest absolute Gasteiger partial charge is 0.388 e. The SMILES string of the molecule is CCC1CCCC(C(O)c2c(C)cc(C)cc2F)C1. The Morgan fingerprint density at radius 2 is 2.05 bits per heavy atom. The summed E-state index contributed by atoms with van der Waals surface area (Å²) in [5, 5.41) is 10.6. The fourth-order valence-corrected chi connectivity index (χ4v) is 3.53. The maximum atomic E-state index is 14.1. The normalized spacial score (nSPS) is 25.3. The molecule has 2 rings (SSSR count). The quantitative estimate of drug-likeness (QED) is 0.839. The van der Waals surface area contributed by atoms with E-state index >= 15 is 0 Å². The van der Waals surface area contributed by atoms with E-state index in [1.807, 2.05) is 19.9 Å². The van der Waals surface area contributed by atoms with Gasteiger partial charge in [0.05, 0.1) is 6.10 Å². The Labute approximate surface area is 115 Å². The van der Waals surface area contributed by atoms with Gasteiger partial charge in [0.1, 0.15) is 5.82 Å². The van der Waals surface area contributed by atoms with Crippen molar-refractivity contribution in [3.05, 3.63) is 34.6 Å². The zero-order valence-corrected chi connectivity index (χ0v) is 12.2. The van der Waals surface area contributed by atoms with E-state index in [0.29, 0.717) is 11.5 Å². The van der Waals surface area contributed by atoms with Gasteiger partial charge in [-0.25, -0.2) is 4.39 Å². The second kappa shape index (κ2) is 6.04. The van der Waals surface area contributed by atoms with Crippen LogP contribution in [-0.2, 0) is 0 Å². The van der Waals surface area contributed by atoms with Crippen molar-refractivity contribution in [1.82, 2.24) is 0 Å². The Bertz CT molecular complexity index is 418. The lowest BCUT2D eigenvalue weighted by Gasteiger charge is -2.32. The van der Waals surface area contributed by atoms with Gasteiger partial charge in [0.2, 0.25) is 0 Å². The molecular formula is C17H25FO. The number of benzene rings is 1. The summed E-state index contributed by atoms with van der Waals surface area (Å²) in [5.74, 6) is 0.667. The molecule has 3 atom stereocenters. The zero-order valence-electron chi connectivity index (χ0n) is 12.2. The fraction of sp³-hybridized carbons (Fsp3) is 0.647. The van der Waals surface area contributed by atoms with Crippen molar-refractivity contribution in [2.75, 3.05) is 0 Å². The summed E-state index contributed by atoms with van der Waals surface area (Å²) in [5.41, 5.74) is 2.32.